The standard InChI is InChI=1S/C15H15N3O3S2/c1-16(2)6-9-12(19)18(15(22)23-9)17-13(20)10-7-3-4-8(5-7)11(10)14(17)21/h3-4,6-8,10-11H,5H2,1-2H3/b9-6-/t7-,8-,10-,11+/m1/s1. The Morgan fingerprint density at radius 2 is 1.70 bits per heavy atom. The van der Waals surface area contributed by atoms with E-state index in [1.54, 1.807) is 25.2 Å². The van der Waals surface area contributed by atoms with Crippen LogP contribution in [0.5, 0.6) is 0 Å². The van der Waals surface area contributed by atoms with Gasteiger partial charge in [-0.1, -0.05) is 23.9 Å². The number of hydrogen-bond donors (Lipinski definition) is 0. The van der Waals surface area contributed by atoms with E-state index in [0.717, 1.165) is 28.2 Å². The van der Waals surface area contributed by atoms with E-state index < -0.39 is 5.91 Å². The zero-order valence-corrected chi connectivity index (χ0v) is 14.3. The monoisotopic (exact) mass is 349 g/mol. The molecule has 0 radical (unpaired) electrons. The third-order valence-electron chi connectivity index (χ3n) is 4.80. The summed E-state index contributed by atoms with van der Waals surface area (Å²) in [5, 5.41) is 2.08. The number of carbonyl (C=O) groups excluding carboxylic acids is 3. The average Bonchev–Trinajstić information content (AvgIpc) is 3.19. The molecule has 23 heavy (non-hydrogen) atoms. The number of imide groups is 1. The van der Waals surface area contributed by atoms with Gasteiger partial charge in [-0.2, -0.15) is 10.0 Å². The van der Waals surface area contributed by atoms with Crippen LogP contribution in [0.25, 0.3) is 0 Å². The zero-order chi connectivity index (χ0) is 16.5. The highest BCUT2D eigenvalue weighted by molar-refractivity contribution is 8.26. The maximum absolute atomic E-state index is 12.8. The lowest BCUT2D eigenvalue weighted by Crippen LogP contribution is -2.49. The second-order valence-electron chi connectivity index (χ2n) is 6.43. The van der Waals surface area contributed by atoms with Gasteiger partial charge in [0.2, 0.25) is 0 Å². The number of thiocarbonyl (C=S) groups is 1. The topological polar surface area (TPSA) is 60.9 Å². The van der Waals surface area contributed by atoms with Gasteiger partial charge in [-0.15, -0.1) is 0 Å². The molecule has 2 aliphatic heterocycles. The van der Waals surface area contributed by atoms with E-state index in [2.05, 4.69) is 0 Å². The molecular formula is C15H15N3O3S2. The van der Waals surface area contributed by atoms with Gasteiger partial charge in [-0.05, 0) is 30.5 Å². The van der Waals surface area contributed by atoms with E-state index in [1.165, 1.54) is 0 Å². The van der Waals surface area contributed by atoms with Crippen molar-refractivity contribution >= 4 is 46.0 Å². The lowest BCUT2D eigenvalue weighted by molar-refractivity contribution is -0.159. The summed E-state index contributed by atoms with van der Waals surface area (Å²) in [6.45, 7) is 0. The van der Waals surface area contributed by atoms with Crippen LogP contribution in [0.3, 0.4) is 0 Å². The molecule has 0 aromatic rings. The van der Waals surface area contributed by atoms with E-state index in [4.69, 9.17) is 12.2 Å². The molecule has 2 saturated heterocycles. The summed E-state index contributed by atoms with van der Waals surface area (Å²) in [5.41, 5.74) is 0. The summed E-state index contributed by atoms with van der Waals surface area (Å²) in [7, 11) is 3.60. The maximum Gasteiger partial charge on any atom is 0.287 e. The molecule has 3 amide bonds. The second kappa shape index (κ2) is 4.91. The second-order valence-corrected chi connectivity index (χ2v) is 8.11. The summed E-state index contributed by atoms with van der Waals surface area (Å²) in [6, 6.07) is 0. The summed E-state index contributed by atoms with van der Waals surface area (Å²) >= 11 is 6.35. The molecule has 3 fully saturated rings. The van der Waals surface area contributed by atoms with Crippen LogP contribution in [-0.4, -0.2) is 51.1 Å². The number of allylic oxidation sites excluding steroid dienone is 2. The lowest BCUT2D eigenvalue weighted by atomic mass is 9.85. The fraction of sp³-hybridized carbons (Fsp3) is 0.467. The van der Waals surface area contributed by atoms with Gasteiger partial charge in [0.1, 0.15) is 0 Å². The third kappa shape index (κ3) is 1.94. The Bertz CT molecular complexity index is 685. The summed E-state index contributed by atoms with van der Waals surface area (Å²) in [6.07, 6.45) is 6.56. The van der Waals surface area contributed by atoms with Crippen LogP contribution in [-0.2, 0) is 14.4 Å². The minimum atomic E-state index is -0.407. The molecule has 6 nitrogen and oxygen atoms in total. The number of hydrazine groups is 1. The highest BCUT2D eigenvalue weighted by Crippen LogP contribution is 2.53. The van der Waals surface area contributed by atoms with E-state index in [1.807, 2.05) is 12.2 Å². The van der Waals surface area contributed by atoms with Crippen LogP contribution >= 0.6 is 24.0 Å². The first-order valence-corrected chi connectivity index (χ1v) is 8.63. The summed E-state index contributed by atoms with van der Waals surface area (Å²) < 4.78 is 0.227. The first-order chi connectivity index (χ1) is 10.9. The SMILES string of the molecule is CN(C)/C=C1\SC(=S)N(N2C(=O)[C@@H]3[C@H](C2=O)[C@@H]2C=C[C@@H]3C2)C1=O. The Kier molecular flexibility index (Phi) is 3.18. The number of rotatable bonds is 2. The van der Waals surface area contributed by atoms with E-state index in [-0.39, 0.29) is 39.8 Å². The van der Waals surface area contributed by atoms with E-state index in [9.17, 15) is 14.4 Å². The number of hydrogen-bond acceptors (Lipinski definition) is 6. The van der Waals surface area contributed by atoms with Gasteiger partial charge in [-0.3, -0.25) is 14.4 Å². The van der Waals surface area contributed by atoms with Gasteiger partial charge in [0.15, 0.2) is 4.32 Å². The molecule has 1 saturated carbocycles. The van der Waals surface area contributed by atoms with Crippen LogP contribution in [0.4, 0.5) is 0 Å². The minimum Gasteiger partial charge on any atom is -0.382 e. The largest absolute Gasteiger partial charge is 0.382 e. The van der Waals surface area contributed by atoms with E-state index >= 15 is 0 Å². The van der Waals surface area contributed by atoms with Gasteiger partial charge < -0.3 is 4.90 Å². The van der Waals surface area contributed by atoms with Crippen molar-refractivity contribution in [3.63, 3.8) is 0 Å². The predicted octanol–water partition coefficient (Wildman–Crippen LogP) is 0.972. The Morgan fingerprint density at radius 3 is 2.22 bits per heavy atom. The van der Waals surface area contributed by atoms with Crippen LogP contribution < -0.4 is 0 Å². The molecular weight excluding hydrogens is 334 g/mol. The van der Waals surface area contributed by atoms with Crippen molar-refractivity contribution in [3.05, 3.63) is 23.3 Å². The number of fused-ring (bicyclic) bond motifs is 5. The molecule has 120 valence electrons. The summed E-state index contributed by atoms with van der Waals surface area (Å²) in [4.78, 5) is 40.3. The predicted molar refractivity (Wildman–Crippen MR) is 88.4 cm³/mol. The van der Waals surface area contributed by atoms with Gasteiger partial charge in [0, 0.05) is 20.3 Å². The van der Waals surface area contributed by atoms with Gasteiger partial charge in [-0.25, -0.2) is 0 Å². The van der Waals surface area contributed by atoms with Crippen LogP contribution in [0, 0.1) is 23.7 Å². The molecule has 4 rings (SSSR count). The summed E-state index contributed by atoms with van der Waals surface area (Å²) in [5.74, 6) is -1.43. The third-order valence-corrected chi connectivity index (χ3v) is 6.07. The molecule has 4 atom stereocenters. The quantitative estimate of drug-likeness (QED) is 0.320. The number of thioether (sulfide) groups is 1. The normalized spacial score (nSPS) is 36.9. The van der Waals surface area contributed by atoms with Gasteiger partial charge in [0.05, 0.1) is 16.7 Å². The van der Waals surface area contributed by atoms with Crippen molar-refractivity contribution in [3.8, 4) is 0 Å². The first-order valence-electron chi connectivity index (χ1n) is 7.40. The number of amides is 3. The first kappa shape index (κ1) is 14.9. The Labute approximate surface area is 143 Å². The zero-order valence-electron chi connectivity index (χ0n) is 12.6. The Morgan fingerprint density at radius 1 is 1.13 bits per heavy atom. The number of nitrogens with zero attached hydrogens (tertiary/aromatic N) is 3. The van der Waals surface area contributed by atoms with Crippen LogP contribution in [0.2, 0.25) is 0 Å². The van der Waals surface area contributed by atoms with Gasteiger partial charge in [0.25, 0.3) is 17.7 Å². The molecule has 0 N–H and O–H groups in total. The molecule has 0 unspecified atom stereocenters. The lowest BCUT2D eigenvalue weighted by Gasteiger charge is -2.25. The fourth-order valence-corrected chi connectivity index (χ4v) is 5.25. The van der Waals surface area contributed by atoms with E-state index in [0.29, 0.717) is 4.91 Å². The molecule has 4 aliphatic rings. The fourth-order valence-electron chi connectivity index (χ4n) is 3.94. The van der Waals surface area contributed by atoms with Crippen LogP contribution in [0.15, 0.2) is 23.3 Å². The molecule has 8 heteroatoms. The molecule has 0 aromatic heterocycles. The smallest absolute Gasteiger partial charge is 0.287 e. The minimum absolute atomic E-state index is 0.113. The Balaban J connectivity index is 1.67. The highest BCUT2D eigenvalue weighted by atomic mass is 32.2. The van der Waals surface area contributed by atoms with Crippen molar-refractivity contribution in [1.29, 1.82) is 0 Å². The van der Waals surface area contributed by atoms with Gasteiger partial charge >= 0.3 is 0 Å². The average molecular weight is 349 g/mol. The number of carbonyl (C=O) groups is 3. The molecule has 0 spiro atoms. The van der Waals surface area contributed by atoms with Crippen LogP contribution in [0.1, 0.15) is 6.42 Å². The molecule has 2 heterocycles. The van der Waals surface area contributed by atoms with Crippen molar-refractivity contribution < 1.29 is 14.4 Å². The van der Waals surface area contributed by atoms with Crippen molar-refractivity contribution in [1.82, 2.24) is 14.9 Å². The van der Waals surface area contributed by atoms with Crippen molar-refractivity contribution in [2.45, 2.75) is 6.42 Å². The van der Waals surface area contributed by atoms with Crippen molar-refractivity contribution in [2.24, 2.45) is 23.7 Å². The Hall–Kier alpha value is -1.67. The molecule has 2 aliphatic carbocycles. The molecule has 0 aromatic carbocycles. The molecule has 2 bridgehead atoms. The highest BCUT2D eigenvalue weighted by Gasteiger charge is 2.62. The maximum atomic E-state index is 12.8. The van der Waals surface area contributed by atoms with Crippen molar-refractivity contribution in [2.75, 3.05) is 14.1 Å².